The van der Waals surface area contributed by atoms with Gasteiger partial charge in [0.2, 0.25) is 5.91 Å². The Labute approximate surface area is 65.9 Å². The number of hydrogen-bond acceptors (Lipinski definition) is 3. The molecule has 1 unspecified atom stereocenters. The summed E-state index contributed by atoms with van der Waals surface area (Å²) in [5.41, 5.74) is 0. The fourth-order valence-electron chi connectivity index (χ4n) is 0.462. The first kappa shape index (κ1) is 10.1. The predicted octanol–water partition coefficient (Wildman–Crippen LogP) is -0.274. The number of carbonyl (C=O) groups excluding carboxylic acids is 2. The minimum Gasteiger partial charge on any atom is -0.372 e. The zero-order valence-corrected chi connectivity index (χ0v) is 7.01. The van der Waals surface area contributed by atoms with Crippen LogP contribution in [0.3, 0.4) is 0 Å². The summed E-state index contributed by atoms with van der Waals surface area (Å²) in [5.74, 6) is -0.329. The Morgan fingerprint density at radius 2 is 2.09 bits per heavy atom. The van der Waals surface area contributed by atoms with Gasteiger partial charge >= 0.3 is 0 Å². The van der Waals surface area contributed by atoms with Gasteiger partial charge in [0.1, 0.15) is 11.9 Å². The third kappa shape index (κ3) is 4.50. The van der Waals surface area contributed by atoms with Crippen molar-refractivity contribution in [3.8, 4) is 0 Å². The fourth-order valence-corrected chi connectivity index (χ4v) is 0.462. The van der Waals surface area contributed by atoms with Gasteiger partial charge in [0.25, 0.3) is 0 Å². The zero-order chi connectivity index (χ0) is 8.85. The van der Waals surface area contributed by atoms with Crippen molar-refractivity contribution in [2.24, 2.45) is 0 Å². The molecule has 0 heterocycles. The van der Waals surface area contributed by atoms with Crippen LogP contribution in [0.1, 0.15) is 13.8 Å². The Morgan fingerprint density at radius 3 is 2.45 bits per heavy atom. The van der Waals surface area contributed by atoms with Crippen molar-refractivity contribution in [1.29, 1.82) is 0 Å². The van der Waals surface area contributed by atoms with Gasteiger partial charge in [-0.25, -0.2) is 0 Å². The summed E-state index contributed by atoms with van der Waals surface area (Å²) >= 11 is 0. The molecule has 0 fully saturated rings. The Balaban J connectivity index is 3.60. The van der Waals surface area contributed by atoms with Crippen molar-refractivity contribution in [2.45, 2.75) is 20.0 Å². The summed E-state index contributed by atoms with van der Waals surface area (Å²) in [6.45, 7) is 3.11. The second kappa shape index (κ2) is 4.85. The molecule has 0 aromatic carbocycles. The second-order valence-corrected chi connectivity index (χ2v) is 2.30. The number of ketones is 1. The first-order chi connectivity index (χ1) is 5.07. The topological polar surface area (TPSA) is 55.4 Å². The molecule has 4 nitrogen and oxygen atoms in total. The Kier molecular flexibility index (Phi) is 4.45. The van der Waals surface area contributed by atoms with E-state index in [1.165, 1.54) is 14.0 Å². The number of amides is 1. The summed E-state index contributed by atoms with van der Waals surface area (Å²) in [4.78, 5) is 21.3. The molecule has 4 heteroatoms. The fraction of sp³-hybridized carbons (Fsp3) is 0.714. The highest BCUT2D eigenvalue weighted by Crippen LogP contribution is 1.85. The maximum absolute atomic E-state index is 10.9. The van der Waals surface area contributed by atoms with E-state index in [1.807, 2.05) is 0 Å². The molecule has 1 amide bonds. The van der Waals surface area contributed by atoms with Crippen molar-refractivity contribution in [3.63, 3.8) is 0 Å². The van der Waals surface area contributed by atoms with Crippen LogP contribution in [0.15, 0.2) is 0 Å². The van der Waals surface area contributed by atoms with Crippen LogP contribution in [0.5, 0.6) is 0 Å². The summed E-state index contributed by atoms with van der Waals surface area (Å²) in [6.07, 6.45) is -0.491. The van der Waals surface area contributed by atoms with E-state index in [0.717, 1.165) is 0 Å². The van der Waals surface area contributed by atoms with Gasteiger partial charge in [-0.1, -0.05) is 0 Å². The monoisotopic (exact) mass is 159 g/mol. The first-order valence-corrected chi connectivity index (χ1v) is 3.38. The molecular weight excluding hydrogens is 146 g/mol. The van der Waals surface area contributed by atoms with Crippen molar-refractivity contribution < 1.29 is 14.3 Å². The van der Waals surface area contributed by atoms with Crippen LogP contribution in [0.4, 0.5) is 0 Å². The number of ether oxygens (including phenoxy) is 1. The Morgan fingerprint density at radius 1 is 1.55 bits per heavy atom. The number of hydrogen-bond donors (Lipinski definition) is 1. The van der Waals surface area contributed by atoms with Gasteiger partial charge in [-0.05, 0) is 13.8 Å². The third-order valence-corrected chi connectivity index (χ3v) is 1.23. The lowest BCUT2D eigenvalue weighted by Crippen LogP contribution is -2.36. The van der Waals surface area contributed by atoms with Crippen LogP contribution in [0.2, 0.25) is 0 Å². The predicted molar refractivity (Wildman–Crippen MR) is 40.2 cm³/mol. The molecule has 0 aromatic heterocycles. The maximum atomic E-state index is 10.9. The summed E-state index contributed by atoms with van der Waals surface area (Å²) < 4.78 is 4.72. The molecule has 0 aliphatic rings. The number of Topliss-reactive ketones (excluding diaryl/α,β-unsaturated/α-hetero) is 1. The van der Waals surface area contributed by atoms with Gasteiger partial charge in [0.15, 0.2) is 0 Å². The van der Waals surface area contributed by atoms with E-state index in [-0.39, 0.29) is 18.2 Å². The average molecular weight is 159 g/mol. The van der Waals surface area contributed by atoms with Crippen LogP contribution in [-0.2, 0) is 14.3 Å². The van der Waals surface area contributed by atoms with Crippen LogP contribution in [-0.4, -0.2) is 31.4 Å². The van der Waals surface area contributed by atoms with Crippen LogP contribution in [0.25, 0.3) is 0 Å². The molecule has 1 N–H and O–H groups in total. The lowest BCUT2D eigenvalue weighted by molar-refractivity contribution is -0.131. The first-order valence-electron chi connectivity index (χ1n) is 3.38. The minimum absolute atomic E-state index is 0.0679. The molecule has 0 aromatic rings. The van der Waals surface area contributed by atoms with Gasteiger partial charge in [-0.15, -0.1) is 0 Å². The quantitative estimate of drug-likeness (QED) is 0.614. The van der Waals surface area contributed by atoms with Crippen LogP contribution >= 0.6 is 0 Å². The molecule has 0 rings (SSSR count). The Hall–Kier alpha value is -0.900. The van der Waals surface area contributed by atoms with Crippen molar-refractivity contribution in [3.05, 3.63) is 0 Å². The highest BCUT2D eigenvalue weighted by Gasteiger charge is 2.10. The van der Waals surface area contributed by atoms with Gasteiger partial charge in [-0.3, -0.25) is 9.59 Å². The van der Waals surface area contributed by atoms with E-state index in [9.17, 15) is 9.59 Å². The highest BCUT2D eigenvalue weighted by atomic mass is 16.5. The number of methoxy groups -OCH3 is 1. The molecule has 64 valence electrons. The standard InChI is InChI=1S/C7H13NO3/c1-5(9)4-8-7(10)6(2)11-3/h6H,4H2,1-3H3,(H,8,10). The smallest absolute Gasteiger partial charge is 0.249 e. The van der Waals surface area contributed by atoms with E-state index in [0.29, 0.717) is 0 Å². The molecule has 0 aliphatic carbocycles. The van der Waals surface area contributed by atoms with Crippen molar-refractivity contribution in [1.82, 2.24) is 5.32 Å². The minimum atomic E-state index is -0.491. The lowest BCUT2D eigenvalue weighted by atomic mass is 10.3. The van der Waals surface area contributed by atoms with Gasteiger partial charge in [-0.2, -0.15) is 0 Å². The average Bonchev–Trinajstić information content (AvgIpc) is 1.98. The van der Waals surface area contributed by atoms with Gasteiger partial charge in [0.05, 0.1) is 6.54 Å². The molecule has 0 bridgehead atoms. The van der Waals surface area contributed by atoms with Crippen molar-refractivity contribution >= 4 is 11.7 Å². The van der Waals surface area contributed by atoms with Gasteiger partial charge in [0, 0.05) is 7.11 Å². The lowest BCUT2D eigenvalue weighted by Gasteiger charge is -2.08. The molecule has 0 saturated carbocycles. The van der Waals surface area contributed by atoms with E-state index >= 15 is 0 Å². The largest absolute Gasteiger partial charge is 0.372 e. The van der Waals surface area contributed by atoms with E-state index in [2.05, 4.69) is 5.32 Å². The second-order valence-electron chi connectivity index (χ2n) is 2.30. The zero-order valence-electron chi connectivity index (χ0n) is 7.01. The SMILES string of the molecule is COC(C)C(=O)NCC(C)=O. The number of nitrogens with one attached hydrogen (secondary N) is 1. The molecule has 0 radical (unpaired) electrons. The normalized spacial score (nSPS) is 12.3. The molecule has 0 aliphatic heterocycles. The third-order valence-electron chi connectivity index (χ3n) is 1.23. The summed E-state index contributed by atoms with van der Waals surface area (Å²) in [5, 5.41) is 2.42. The van der Waals surface area contributed by atoms with E-state index in [1.54, 1.807) is 6.92 Å². The Bertz CT molecular complexity index is 156. The molecule has 1 atom stereocenters. The molecule has 0 saturated heterocycles. The van der Waals surface area contributed by atoms with Crippen LogP contribution in [0, 0.1) is 0 Å². The maximum Gasteiger partial charge on any atom is 0.249 e. The van der Waals surface area contributed by atoms with E-state index < -0.39 is 6.10 Å². The molecule has 0 spiro atoms. The summed E-state index contributed by atoms with van der Waals surface area (Å²) in [6, 6.07) is 0. The van der Waals surface area contributed by atoms with Crippen molar-refractivity contribution in [2.75, 3.05) is 13.7 Å². The molecule has 11 heavy (non-hydrogen) atoms. The highest BCUT2D eigenvalue weighted by molar-refractivity contribution is 5.86. The summed E-state index contributed by atoms with van der Waals surface area (Å²) in [7, 11) is 1.44. The van der Waals surface area contributed by atoms with Gasteiger partial charge < -0.3 is 10.1 Å². The molecular formula is C7H13NO3. The number of rotatable bonds is 4. The van der Waals surface area contributed by atoms with Crippen LogP contribution < -0.4 is 5.32 Å². The number of carbonyl (C=O) groups is 2. The van der Waals surface area contributed by atoms with E-state index in [4.69, 9.17) is 4.74 Å².